The fourth-order valence-corrected chi connectivity index (χ4v) is 0.810. The van der Waals surface area contributed by atoms with Crippen molar-refractivity contribution in [3.63, 3.8) is 0 Å². The van der Waals surface area contributed by atoms with E-state index in [-0.39, 0.29) is 12.2 Å². The second-order valence-electron chi connectivity index (χ2n) is 2.87. The highest BCUT2D eigenvalue weighted by Crippen LogP contribution is 1.96. The average Bonchev–Trinajstić information content (AvgIpc) is 2.14. The molecule has 0 aliphatic rings. The van der Waals surface area contributed by atoms with Crippen molar-refractivity contribution in [2.24, 2.45) is 0 Å². The number of carboxylic acids is 1. The number of carboxylic acid groups (broad SMARTS) is 1. The molecule has 6 heteroatoms. The third-order valence-corrected chi connectivity index (χ3v) is 1.44. The summed E-state index contributed by atoms with van der Waals surface area (Å²) in [7, 11) is 0. The molecule has 1 unspecified atom stereocenters. The van der Waals surface area contributed by atoms with Gasteiger partial charge in [0.15, 0.2) is 0 Å². The first-order valence-electron chi connectivity index (χ1n) is 4.49. The maximum Gasteiger partial charge on any atom is 0.439 e. The van der Waals surface area contributed by atoms with E-state index in [0.29, 0.717) is 0 Å². The van der Waals surface area contributed by atoms with Gasteiger partial charge in [-0.2, -0.15) is 4.89 Å². The van der Waals surface area contributed by atoms with Crippen LogP contribution in [-0.4, -0.2) is 29.8 Å². The van der Waals surface area contributed by atoms with Crippen LogP contribution in [-0.2, 0) is 14.6 Å². The Morgan fingerprint density at radius 2 is 2.13 bits per heavy atom. The molecular weight excluding hydrogens is 202 g/mol. The van der Waals surface area contributed by atoms with Crippen LogP contribution in [0.4, 0.5) is 4.79 Å². The van der Waals surface area contributed by atoms with Crippen LogP contribution in [0.1, 0.15) is 20.8 Å². The van der Waals surface area contributed by atoms with Crippen LogP contribution < -0.4 is 5.32 Å². The van der Waals surface area contributed by atoms with E-state index < -0.39 is 18.1 Å². The summed E-state index contributed by atoms with van der Waals surface area (Å²) >= 11 is 0. The number of rotatable bonds is 5. The van der Waals surface area contributed by atoms with E-state index in [4.69, 9.17) is 5.11 Å². The van der Waals surface area contributed by atoms with Gasteiger partial charge in [-0.1, -0.05) is 6.08 Å². The Hall–Kier alpha value is -1.56. The third kappa shape index (κ3) is 6.50. The topological polar surface area (TPSA) is 84.9 Å². The zero-order valence-corrected chi connectivity index (χ0v) is 8.94. The van der Waals surface area contributed by atoms with Crippen molar-refractivity contribution in [1.29, 1.82) is 0 Å². The Kier molecular flexibility index (Phi) is 6.12. The Balaban J connectivity index is 4.03. The number of carbonyl (C=O) groups is 2. The highest BCUT2D eigenvalue weighted by molar-refractivity contribution is 5.86. The molecule has 1 atom stereocenters. The molecule has 0 aliphatic carbocycles. The van der Waals surface area contributed by atoms with Crippen LogP contribution in [0.15, 0.2) is 11.6 Å². The molecule has 0 radical (unpaired) electrons. The molecule has 0 aliphatic heterocycles. The van der Waals surface area contributed by atoms with Gasteiger partial charge in [-0.3, -0.25) is 4.89 Å². The van der Waals surface area contributed by atoms with E-state index >= 15 is 0 Å². The van der Waals surface area contributed by atoms with Gasteiger partial charge in [-0.05, 0) is 20.8 Å². The summed E-state index contributed by atoms with van der Waals surface area (Å²) in [6.07, 6.45) is 0.647. The van der Waals surface area contributed by atoms with Crippen LogP contribution in [0.2, 0.25) is 0 Å². The molecule has 0 aromatic rings. The molecule has 0 saturated heterocycles. The van der Waals surface area contributed by atoms with E-state index in [2.05, 4.69) is 15.1 Å². The largest absolute Gasteiger partial charge is 0.478 e. The van der Waals surface area contributed by atoms with Gasteiger partial charge in [0.1, 0.15) is 0 Å². The molecular formula is C9H15NO5. The molecule has 0 saturated carbocycles. The highest BCUT2D eigenvalue weighted by atomic mass is 17.2. The summed E-state index contributed by atoms with van der Waals surface area (Å²) in [4.78, 5) is 30.1. The molecule has 0 rings (SSSR count). The third-order valence-electron chi connectivity index (χ3n) is 1.44. The number of hydrogen-bond acceptors (Lipinski definition) is 4. The van der Waals surface area contributed by atoms with Gasteiger partial charge in [-0.25, -0.2) is 9.59 Å². The molecule has 0 aromatic carbocycles. The van der Waals surface area contributed by atoms with Gasteiger partial charge in [-0.15, -0.1) is 0 Å². The lowest BCUT2D eigenvalue weighted by molar-refractivity contribution is -0.234. The molecule has 0 heterocycles. The van der Waals surface area contributed by atoms with E-state index in [0.717, 1.165) is 0 Å². The Morgan fingerprint density at radius 1 is 1.53 bits per heavy atom. The summed E-state index contributed by atoms with van der Waals surface area (Å²) in [5, 5.41) is 10.9. The first-order valence-corrected chi connectivity index (χ1v) is 4.49. The maximum atomic E-state index is 10.9. The minimum Gasteiger partial charge on any atom is -0.478 e. The van der Waals surface area contributed by atoms with E-state index in [1.54, 1.807) is 13.8 Å². The van der Waals surface area contributed by atoms with Gasteiger partial charge in [0.25, 0.3) is 0 Å². The average molecular weight is 217 g/mol. The second-order valence-corrected chi connectivity index (χ2v) is 2.87. The lowest BCUT2D eigenvalue weighted by Crippen LogP contribution is -2.32. The van der Waals surface area contributed by atoms with E-state index in [9.17, 15) is 9.59 Å². The monoisotopic (exact) mass is 217 g/mol. The summed E-state index contributed by atoms with van der Waals surface area (Å²) in [5.74, 6) is -1.03. The predicted molar refractivity (Wildman–Crippen MR) is 52.1 cm³/mol. The maximum absolute atomic E-state index is 10.9. The lowest BCUT2D eigenvalue weighted by Gasteiger charge is -2.09. The van der Waals surface area contributed by atoms with Crippen molar-refractivity contribution < 1.29 is 24.5 Å². The summed E-state index contributed by atoms with van der Waals surface area (Å²) in [5.41, 5.74) is 0.152. The number of aliphatic carboxylic acids is 1. The Bertz CT molecular complexity index is 261. The van der Waals surface area contributed by atoms with Crippen molar-refractivity contribution in [3.8, 4) is 0 Å². The van der Waals surface area contributed by atoms with Gasteiger partial charge in [0.2, 0.25) is 0 Å². The fourth-order valence-electron chi connectivity index (χ4n) is 0.810. The Morgan fingerprint density at radius 3 is 2.60 bits per heavy atom. The quantitative estimate of drug-likeness (QED) is 0.409. The van der Waals surface area contributed by atoms with Gasteiger partial charge >= 0.3 is 12.1 Å². The summed E-state index contributed by atoms with van der Waals surface area (Å²) in [6.45, 7) is 4.99. The number of amides is 1. The van der Waals surface area contributed by atoms with Crippen LogP contribution in [0.3, 0.4) is 0 Å². The predicted octanol–water partition coefficient (Wildman–Crippen LogP) is 1.08. The van der Waals surface area contributed by atoms with Crippen LogP contribution in [0.5, 0.6) is 0 Å². The zero-order valence-electron chi connectivity index (χ0n) is 8.94. The molecule has 0 spiro atoms. The van der Waals surface area contributed by atoms with Crippen LogP contribution >= 0.6 is 0 Å². The molecule has 2 N–H and O–H groups in total. The molecule has 0 aromatic heterocycles. The minimum atomic E-state index is -1.03. The van der Waals surface area contributed by atoms with Gasteiger partial charge < -0.3 is 10.4 Å². The second kappa shape index (κ2) is 6.83. The standard InChI is InChI=1S/C9H15NO5/c1-4-14-15-9(13)10-7(3)5-6(2)8(11)12/h5,7H,4H2,1-3H3,(H,10,13)(H,11,12). The van der Waals surface area contributed by atoms with E-state index in [1.807, 2.05) is 0 Å². The van der Waals surface area contributed by atoms with Crippen LogP contribution in [0.25, 0.3) is 0 Å². The fraction of sp³-hybridized carbons (Fsp3) is 0.556. The number of carbonyl (C=O) groups excluding carboxylic acids is 1. The lowest BCUT2D eigenvalue weighted by atomic mass is 10.2. The molecule has 0 bridgehead atoms. The van der Waals surface area contributed by atoms with Gasteiger partial charge in [0, 0.05) is 11.6 Å². The molecule has 1 amide bonds. The normalized spacial score (nSPS) is 13.1. The van der Waals surface area contributed by atoms with Crippen LogP contribution in [0, 0.1) is 0 Å². The summed E-state index contributed by atoms with van der Waals surface area (Å²) < 4.78 is 0. The smallest absolute Gasteiger partial charge is 0.439 e. The zero-order chi connectivity index (χ0) is 11.8. The highest BCUT2D eigenvalue weighted by Gasteiger charge is 2.08. The van der Waals surface area contributed by atoms with Crippen molar-refractivity contribution in [2.75, 3.05) is 6.61 Å². The molecule has 15 heavy (non-hydrogen) atoms. The van der Waals surface area contributed by atoms with Crippen molar-refractivity contribution in [1.82, 2.24) is 5.32 Å². The summed E-state index contributed by atoms with van der Waals surface area (Å²) in [6, 6.07) is -0.436. The number of nitrogens with one attached hydrogen (secondary N) is 1. The first-order chi connectivity index (χ1) is 6.97. The SMILES string of the molecule is CCOOC(=O)NC(C)C=C(C)C(=O)O. The van der Waals surface area contributed by atoms with Crippen molar-refractivity contribution >= 4 is 12.1 Å². The Labute approximate surface area is 87.8 Å². The van der Waals surface area contributed by atoms with E-state index in [1.165, 1.54) is 13.0 Å². The molecule has 86 valence electrons. The number of hydrogen-bond donors (Lipinski definition) is 2. The van der Waals surface area contributed by atoms with Crippen molar-refractivity contribution in [3.05, 3.63) is 11.6 Å². The van der Waals surface area contributed by atoms with Crippen molar-refractivity contribution in [2.45, 2.75) is 26.8 Å². The molecule has 0 fully saturated rings. The minimum absolute atomic E-state index is 0.152. The molecule has 6 nitrogen and oxygen atoms in total. The van der Waals surface area contributed by atoms with Gasteiger partial charge in [0.05, 0.1) is 6.61 Å². The first kappa shape index (κ1) is 13.4.